The van der Waals surface area contributed by atoms with Crippen molar-refractivity contribution in [3.8, 4) is 0 Å². The summed E-state index contributed by atoms with van der Waals surface area (Å²) in [4.78, 5) is 23.8. The molecule has 0 radical (unpaired) electrons. The van der Waals surface area contributed by atoms with Crippen molar-refractivity contribution in [3.63, 3.8) is 0 Å². The van der Waals surface area contributed by atoms with Crippen molar-refractivity contribution in [3.05, 3.63) is 75.9 Å². The van der Waals surface area contributed by atoms with Gasteiger partial charge in [0.15, 0.2) is 0 Å². The predicted molar refractivity (Wildman–Crippen MR) is 87.3 cm³/mol. The zero-order valence-electron chi connectivity index (χ0n) is 12.0. The Morgan fingerprint density at radius 2 is 1.73 bits per heavy atom. The van der Waals surface area contributed by atoms with E-state index in [0.717, 1.165) is 5.56 Å². The SMILES string of the molecule is Cc1ccccc1C(=O)N/C(=C/c1ccc(Cl)cc1)C(N)=O. The quantitative estimate of drug-likeness (QED) is 0.852. The summed E-state index contributed by atoms with van der Waals surface area (Å²) in [5.74, 6) is -1.09. The molecule has 2 aromatic carbocycles. The Bertz CT molecular complexity index is 737. The van der Waals surface area contributed by atoms with Gasteiger partial charge in [-0.15, -0.1) is 0 Å². The van der Waals surface area contributed by atoms with E-state index >= 15 is 0 Å². The van der Waals surface area contributed by atoms with Gasteiger partial charge in [-0.1, -0.05) is 41.9 Å². The minimum absolute atomic E-state index is 0.0237. The number of amides is 2. The van der Waals surface area contributed by atoms with Gasteiger partial charge < -0.3 is 11.1 Å². The van der Waals surface area contributed by atoms with Crippen molar-refractivity contribution in [2.24, 2.45) is 5.73 Å². The Balaban J connectivity index is 2.26. The number of rotatable bonds is 4. The van der Waals surface area contributed by atoms with Gasteiger partial charge in [0.05, 0.1) is 0 Å². The summed E-state index contributed by atoms with van der Waals surface area (Å²) in [5, 5.41) is 3.14. The monoisotopic (exact) mass is 314 g/mol. The number of nitrogens with two attached hydrogens (primary N) is 1. The summed E-state index contributed by atoms with van der Waals surface area (Å²) >= 11 is 5.81. The standard InChI is InChI=1S/C17H15ClN2O2/c1-11-4-2-3-5-14(11)17(22)20-15(16(19)21)10-12-6-8-13(18)9-7-12/h2-10H,1H3,(H2,19,21)(H,20,22)/b15-10+. The maximum Gasteiger partial charge on any atom is 0.265 e. The van der Waals surface area contributed by atoms with Crippen LogP contribution in [0.3, 0.4) is 0 Å². The van der Waals surface area contributed by atoms with Crippen LogP contribution in [-0.2, 0) is 4.79 Å². The molecule has 2 amide bonds. The largest absolute Gasteiger partial charge is 0.364 e. The molecule has 3 N–H and O–H groups in total. The van der Waals surface area contributed by atoms with Gasteiger partial charge in [0.1, 0.15) is 5.70 Å². The molecule has 0 saturated carbocycles. The number of hydrogen-bond acceptors (Lipinski definition) is 2. The topological polar surface area (TPSA) is 72.2 Å². The van der Waals surface area contributed by atoms with Gasteiger partial charge in [-0.2, -0.15) is 0 Å². The van der Waals surface area contributed by atoms with Gasteiger partial charge in [-0.25, -0.2) is 0 Å². The number of aryl methyl sites for hydroxylation is 1. The Kier molecular flexibility index (Phi) is 4.96. The van der Waals surface area contributed by atoms with Gasteiger partial charge >= 0.3 is 0 Å². The summed E-state index contributed by atoms with van der Waals surface area (Å²) in [6.07, 6.45) is 1.51. The lowest BCUT2D eigenvalue weighted by atomic mass is 10.1. The predicted octanol–water partition coefficient (Wildman–Crippen LogP) is 2.90. The van der Waals surface area contributed by atoms with E-state index < -0.39 is 5.91 Å². The number of carbonyl (C=O) groups excluding carboxylic acids is 2. The molecule has 0 aliphatic carbocycles. The van der Waals surface area contributed by atoms with Crippen LogP contribution >= 0.6 is 11.6 Å². The molecule has 5 heteroatoms. The summed E-state index contributed by atoms with van der Waals surface area (Å²) < 4.78 is 0. The van der Waals surface area contributed by atoms with Gasteiger partial charge in [-0.05, 0) is 42.3 Å². The van der Waals surface area contributed by atoms with Crippen LogP contribution in [0.2, 0.25) is 5.02 Å². The lowest BCUT2D eigenvalue weighted by molar-refractivity contribution is -0.114. The molecule has 0 heterocycles. The molecule has 0 unspecified atom stereocenters. The number of nitrogens with one attached hydrogen (secondary N) is 1. The van der Waals surface area contributed by atoms with E-state index in [9.17, 15) is 9.59 Å². The van der Waals surface area contributed by atoms with Crippen molar-refractivity contribution in [2.75, 3.05) is 0 Å². The number of halogens is 1. The molecular weight excluding hydrogens is 300 g/mol. The molecule has 0 aliphatic rings. The van der Waals surface area contributed by atoms with Crippen molar-refractivity contribution < 1.29 is 9.59 Å². The lowest BCUT2D eigenvalue weighted by Gasteiger charge is -2.09. The summed E-state index contributed by atoms with van der Waals surface area (Å²) in [6, 6.07) is 13.9. The van der Waals surface area contributed by atoms with E-state index in [-0.39, 0.29) is 11.6 Å². The molecule has 0 aliphatic heterocycles. The Morgan fingerprint density at radius 1 is 1.09 bits per heavy atom. The van der Waals surface area contributed by atoms with Gasteiger partial charge in [0.2, 0.25) is 0 Å². The fourth-order valence-electron chi connectivity index (χ4n) is 1.91. The first-order chi connectivity index (χ1) is 10.5. The van der Waals surface area contributed by atoms with Crippen LogP contribution in [-0.4, -0.2) is 11.8 Å². The molecule has 0 atom stereocenters. The second kappa shape index (κ2) is 6.91. The molecule has 22 heavy (non-hydrogen) atoms. The second-order valence-corrected chi connectivity index (χ2v) is 5.18. The fraction of sp³-hybridized carbons (Fsp3) is 0.0588. The Morgan fingerprint density at radius 3 is 2.32 bits per heavy atom. The van der Waals surface area contributed by atoms with Crippen LogP contribution in [0.15, 0.2) is 54.2 Å². The normalized spacial score (nSPS) is 11.1. The van der Waals surface area contributed by atoms with Crippen LogP contribution in [0.25, 0.3) is 6.08 Å². The first kappa shape index (κ1) is 15.8. The zero-order valence-corrected chi connectivity index (χ0v) is 12.7. The summed E-state index contributed by atoms with van der Waals surface area (Å²) in [6.45, 7) is 1.82. The molecule has 0 spiro atoms. The maximum atomic E-state index is 12.2. The van der Waals surface area contributed by atoms with Gasteiger partial charge in [0, 0.05) is 10.6 Å². The van der Waals surface area contributed by atoms with E-state index in [1.807, 2.05) is 19.1 Å². The number of primary amides is 1. The van der Waals surface area contributed by atoms with E-state index in [0.29, 0.717) is 16.1 Å². The van der Waals surface area contributed by atoms with Crippen LogP contribution < -0.4 is 11.1 Å². The van der Waals surface area contributed by atoms with E-state index in [4.69, 9.17) is 17.3 Å². The third-order valence-corrected chi connectivity index (χ3v) is 3.34. The highest BCUT2D eigenvalue weighted by atomic mass is 35.5. The molecular formula is C17H15ClN2O2. The average Bonchev–Trinajstić information content (AvgIpc) is 2.49. The molecule has 0 fully saturated rings. The maximum absolute atomic E-state index is 12.2. The highest BCUT2D eigenvalue weighted by molar-refractivity contribution is 6.30. The third kappa shape index (κ3) is 3.96. The number of hydrogen-bond donors (Lipinski definition) is 2. The van der Waals surface area contributed by atoms with Gasteiger partial charge in [0.25, 0.3) is 11.8 Å². The van der Waals surface area contributed by atoms with E-state index in [1.54, 1.807) is 36.4 Å². The molecule has 0 bridgehead atoms. The fourth-order valence-corrected chi connectivity index (χ4v) is 2.04. The van der Waals surface area contributed by atoms with Crippen LogP contribution in [0.1, 0.15) is 21.5 Å². The van der Waals surface area contributed by atoms with E-state index in [2.05, 4.69) is 5.32 Å². The van der Waals surface area contributed by atoms with Crippen LogP contribution in [0, 0.1) is 6.92 Å². The molecule has 2 rings (SSSR count). The highest BCUT2D eigenvalue weighted by Gasteiger charge is 2.13. The lowest BCUT2D eigenvalue weighted by Crippen LogP contribution is -2.31. The minimum Gasteiger partial charge on any atom is -0.364 e. The molecule has 2 aromatic rings. The van der Waals surface area contributed by atoms with Crippen molar-refractivity contribution in [2.45, 2.75) is 6.92 Å². The zero-order chi connectivity index (χ0) is 16.1. The van der Waals surface area contributed by atoms with Crippen molar-refractivity contribution in [1.82, 2.24) is 5.32 Å². The highest BCUT2D eigenvalue weighted by Crippen LogP contribution is 2.13. The van der Waals surface area contributed by atoms with Crippen LogP contribution in [0.4, 0.5) is 0 Å². The van der Waals surface area contributed by atoms with Gasteiger partial charge in [-0.3, -0.25) is 9.59 Å². The number of benzene rings is 2. The average molecular weight is 315 g/mol. The van der Waals surface area contributed by atoms with Crippen molar-refractivity contribution in [1.29, 1.82) is 0 Å². The first-order valence-electron chi connectivity index (χ1n) is 6.61. The summed E-state index contributed by atoms with van der Waals surface area (Å²) in [7, 11) is 0. The molecule has 0 aromatic heterocycles. The molecule has 0 saturated heterocycles. The van der Waals surface area contributed by atoms with Crippen LogP contribution in [0.5, 0.6) is 0 Å². The van der Waals surface area contributed by atoms with E-state index in [1.165, 1.54) is 6.08 Å². The minimum atomic E-state index is -0.711. The van der Waals surface area contributed by atoms with Crippen molar-refractivity contribution >= 4 is 29.5 Å². The first-order valence-corrected chi connectivity index (χ1v) is 6.99. The second-order valence-electron chi connectivity index (χ2n) is 4.74. The summed E-state index contributed by atoms with van der Waals surface area (Å²) in [5.41, 5.74) is 7.37. The Hall–Kier alpha value is -2.59. The third-order valence-electron chi connectivity index (χ3n) is 3.08. The smallest absolute Gasteiger partial charge is 0.265 e. The number of carbonyl (C=O) groups is 2. The molecule has 112 valence electrons. The Labute approximate surface area is 133 Å². The molecule has 4 nitrogen and oxygen atoms in total.